The van der Waals surface area contributed by atoms with Crippen molar-refractivity contribution in [2.24, 2.45) is 0 Å². The second kappa shape index (κ2) is 6.04. The molecule has 1 aromatic carbocycles. The Balaban J connectivity index is 1.68. The number of carbonyl (C=O) groups excluding carboxylic acids is 1. The molecule has 0 radical (unpaired) electrons. The molecule has 3 heteroatoms. The predicted octanol–water partition coefficient (Wildman–Crippen LogP) is 4.27. The summed E-state index contributed by atoms with van der Waals surface area (Å²) in [4.78, 5) is 12.7. The first-order valence-electron chi connectivity index (χ1n) is 8.59. The summed E-state index contributed by atoms with van der Waals surface area (Å²) in [6.07, 6.45) is 7.51. The van der Waals surface area contributed by atoms with E-state index in [2.05, 4.69) is 13.8 Å². The number of unbranched alkanes of at least 4 members (excludes halogenated alkanes) is 3. The van der Waals surface area contributed by atoms with Crippen LogP contribution < -0.4 is 0 Å². The first-order valence-corrected chi connectivity index (χ1v) is 8.59. The molecule has 1 aliphatic carbocycles. The van der Waals surface area contributed by atoms with Crippen LogP contribution in [0.4, 0.5) is 0 Å². The lowest BCUT2D eigenvalue weighted by atomic mass is 9.73. The average molecular weight is 302 g/mol. The summed E-state index contributed by atoms with van der Waals surface area (Å²) in [5.74, 6) is -0.187. The van der Waals surface area contributed by atoms with E-state index in [1.807, 2.05) is 24.3 Å². The van der Waals surface area contributed by atoms with E-state index in [4.69, 9.17) is 9.47 Å². The van der Waals surface area contributed by atoms with Crippen LogP contribution in [0.5, 0.6) is 0 Å². The molecule has 1 aliphatic heterocycles. The van der Waals surface area contributed by atoms with Gasteiger partial charge in [0.2, 0.25) is 5.60 Å². The summed E-state index contributed by atoms with van der Waals surface area (Å²) in [7, 11) is 0. The maximum atomic E-state index is 12.7. The molecule has 22 heavy (non-hydrogen) atoms. The van der Waals surface area contributed by atoms with Gasteiger partial charge in [-0.25, -0.2) is 4.79 Å². The zero-order valence-electron chi connectivity index (χ0n) is 13.7. The van der Waals surface area contributed by atoms with Gasteiger partial charge in [-0.3, -0.25) is 0 Å². The molecule has 1 atom stereocenters. The van der Waals surface area contributed by atoms with Gasteiger partial charge in [-0.15, -0.1) is 0 Å². The predicted molar refractivity (Wildman–Crippen MR) is 85.6 cm³/mol. The molecule has 1 saturated heterocycles. The number of epoxide rings is 1. The van der Waals surface area contributed by atoms with Gasteiger partial charge in [-0.05, 0) is 38.2 Å². The molecule has 0 amide bonds. The van der Waals surface area contributed by atoms with E-state index in [-0.39, 0.29) is 11.6 Å². The first-order chi connectivity index (χ1) is 10.6. The summed E-state index contributed by atoms with van der Waals surface area (Å²) in [6.45, 7) is 4.73. The van der Waals surface area contributed by atoms with Crippen LogP contribution in [0.15, 0.2) is 24.3 Å². The van der Waals surface area contributed by atoms with Gasteiger partial charge in [0.05, 0.1) is 6.61 Å². The second-order valence-electron chi connectivity index (χ2n) is 6.69. The van der Waals surface area contributed by atoms with Crippen LogP contribution in [-0.4, -0.2) is 18.2 Å². The Morgan fingerprint density at radius 2 is 1.91 bits per heavy atom. The molecule has 1 saturated carbocycles. The molecule has 3 nitrogen and oxygen atoms in total. The SMILES string of the molecule is CCCCCCOC(=O)C1(c2ccc(C)cc2)OC12CCC2. The molecular weight excluding hydrogens is 276 g/mol. The minimum Gasteiger partial charge on any atom is -0.463 e. The molecule has 1 unspecified atom stereocenters. The Kier molecular flexibility index (Phi) is 4.26. The molecule has 2 aliphatic rings. The van der Waals surface area contributed by atoms with Crippen molar-refractivity contribution >= 4 is 5.97 Å². The van der Waals surface area contributed by atoms with E-state index < -0.39 is 5.60 Å². The van der Waals surface area contributed by atoms with Gasteiger partial charge < -0.3 is 9.47 Å². The lowest BCUT2D eigenvalue weighted by Gasteiger charge is -2.26. The maximum Gasteiger partial charge on any atom is 0.346 e. The molecule has 2 fully saturated rings. The van der Waals surface area contributed by atoms with Gasteiger partial charge in [0, 0.05) is 0 Å². The van der Waals surface area contributed by atoms with Gasteiger partial charge in [-0.1, -0.05) is 56.0 Å². The second-order valence-corrected chi connectivity index (χ2v) is 6.69. The van der Waals surface area contributed by atoms with Crippen molar-refractivity contribution in [2.75, 3.05) is 6.61 Å². The molecule has 120 valence electrons. The topological polar surface area (TPSA) is 38.8 Å². The fourth-order valence-electron chi connectivity index (χ4n) is 3.47. The lowest BCUT2D eigenvalue weighted by Crippen LogP contribution is -2.38. The van der Waals surface area contributed by atoms with Crippen molar-refractivity contribution in [3.05, 3.63) is 35.4 Å². The van der Waals surface area contributed by atoms with E-state index in [1.165, 1.54) is 18.4 Å². The van der Waals surface area contributed by atoms with Crippen molar-refractivity contribution in [2.45, 2.75) is 70.0 Å². The molecular formula is C19H26O3. The zero-order valence-corrected chi connectivity index (χ0v) is 13.7. The summed E-state index contributed by atoms with van der Waals surface area (Å²) >= 11 is 0. The standard InChI is InChI=1S/C19H26O3/c1-3-4-5-6-14-21-17(20)19(18(22-19)12-7-13-18)16-10-8-15(2)9-11-16/h8-11H,3-7,12-14H2,1-2H3. The Morgan fingerprint density at radius 1 is 1.18 bits per heavy atom. The molecule has 1 aromatic rings. The van der Waals surface area contributed by atoms with Crippen LogP contribution in [-0.2, 0) is 19.9 Å². The number of hydrogen-bond acceptors (Lipinski definition) is 3. The summed E-state index contributed by atoms with van der Waals surface area (Å²) in [5, 5.41) is 0. The number of rotatable bonds is 7. The van der Waals surface area contributed by atoms with Gasteiger partial charge in [0.25, 0.3) is 0 Å². The van der Waals surface area contributed by atoms with Crippen LogP contribution in [0, 0.1) is 6.92 Å². The van der Waals surface area contributed by atoms with E-state index in [0.717, 1.165) is 37.7 Å². The van der Waals surface area contributed by atoms with Crippen molar-refractivity contribution in [3.63, 3.8) is 0 Å². The van der Waals surface area contributed by atoms with Crippen LogP contribution in [0.3, 0.4) is 0 Å². The normalized spacial score (nSPS) is 24.8. The van der Waals surface area contributed by atoms with Crippen LogP contribution in [0.1, 0.15) is 63.0 Å². The Hall–Kier alpha value is -1.35. The summed E-state index contributed by atoms with van der Waals surface area (Å²) in [6, 6.07) is 8.11. The lowest BCUT2D eigenvalue weighted by molar-refractivity contribution is -0.150. The number of benzene rings is 1. The number of hydrogen-bond donors (Lipinski definition) is 0. The highest BCUT2D eigenvalue weighted by atomic mass is 16.7. The van der Waals surface area contributed by atoms with Crippen molar-refractivity contribution in [1.29, 1.82) is 0 Å². The van der Waals surface area contributed by atoms with E-state index in [1.54, 1.807) is 0 Å². The minimum absolute atomic E-state index is 0.187. The van der Waals surface area contributed by atoms with E-state index in [0.29, 0.717) is 6.61 Å². The monoisotopic (exact) mass is 302 g/mol. The fourth-order valence-corrected chi connectivity index (χ4v) is 3.47. The van der Waals surface area contributed by atoms with Crippen LogP contribution in [0.25, 0.3) is 0 Å². The number of esters is 1. The maximum absolute atomic E-state index is 12.7. The third-order valence-electron chi connectivity index (χ3n) is 5.09. The van der Waals surface area contributed by atoms with Gasteiger partial charge >= 0.3 is 5.97 Å². The molecule has 0 N–H and O–H groups in total. The molecule has 1 spiro atoms. The number of ether oxygens (including phenoxy) is 2. The van der Waals surface area contributed by atoms with Crippen LogP contribution >= 0.6 is 0 Å². The summed E-state index contributed by atoms with van der Waals surface area (Å²) < 4.78 is 11.6. The fraction of sp³-hybridized carbons (Fsp3) is 0.632. The Morgan fingerprint density at radius 3 is 2.45 bits per heavy atom. The van der Waals surface area contributed by atoms with E-state index >= 15 is 0 Å². The first kappa shape index (κ1) is 15.5. The van der Waals surface area contributed by atoms with Crippen molar-refractivity contribution < 1.29 is 14.3 Å². The Labute approximate surface area is 133 Å². The number of carbonyl (C=O) groups is 1. The summed E-state index contributed by atoms with van der Waals surface area (Å²) in [5.41, 5.74) is 1.04. The molecule has 0 aromatic heterocycles. The largest absolute Gasteiger partial charge is 0.463 e. The average Bonchev–Trinajstić information content (AvgIpc) is 3.20. The molecule has 1 heterocycles. The number of aryl methyl sites for hydroxylation is 1. The highest BCUT2D eigenvalue weighted by Crippen LogP contribution is 2.66. The highest BCUT2D eigenvalue weighted by molar-refractivity contribution is 5.87. The van der Waals surface area contributed by atoms with Crippen molar-refractivity contribution in [3.8, 4) is 0 Å². The van der Waals surface area contributed by atoms with E-state index in [9.17, 15) is 4.79 Å². The molecule has 3 rings (SSSR count). The smallest absolute Gasteiger partial charge is 0.346 e. The van der Waals surface area contributed by atoms with Gasteiger partial charge in [0.1, 0.15) is 5.60 Å². The van der Waals surface area contributed by atoms with Crippen LogP contribution in [0.2, 0.25) is 0 Å². The third kappa shape index (κ3) is 2.45. The Bertz CT molecular complexity index is 530. The quantitative estimate of drug-likeness (QED) is 0.429. The third-order valence-corrected chi connectivity index (χ3v) is 5.09. The molecule has 0 bridgehead atoms. The highest BCUT2D eigenvalue weighted by Gasteiger charge is 2.78. The van der Waals surface area contributed by atoms with Gasteiger partial charge in [-0.2, -0.15) is 0 Å². The van der Waals surface area contributed by atoms with Crippen molar-refractivity contribution in [1.82, 2.24) is 0 Å². The minimum atomic E-state index is -0.830. The zero-order chi connectivity index (χ0) is 15.6. The van der Waals surface area contributed by atoms with Gasteiger partial charge in [0.15, 0.2) is 0 Å².